The van der Waals surface area contributed by atoms with E-state index in [1.807, 2.05) is 12.1 Å². The van der Waals surface area contributed by atoms with Crippen LogP contribution in [0.15, 0.2) is 18.2 Å². The summed E-state index contributed by atoms with van der Waals surface area (Å²) in [7, 11) is 0. The lowest BCUT2D eigenvalue weighted by molar-refractivity contribution is 0.210. The summed E-state index contributed by atoms with van der Waals surface area (Å²) >= 11 is 6.07. The molecule has 0 spiro atoms. The van der Waals surface area contributed by atoms with Crippen LogP contribution in [0.5, 0.6) is 0 Å². The Morgan fingerprint density at radius 1 is 1.40 bits per heavy atom. The number of anilines is 1. The first-order valence-electron chi connectivity index (χ1n) is 5.67. The van der Waals surface area contributed by atoms with E-state index in [4.69, 9.17) is 11.6 Å². The standard InChI is InChI=1S/C13H18ClN/c1-9-6-7-11(9)8-15-13-5-3-4-12(14)10(13)2/h3-5,9,11,15H,6-8H2,1-2H3/t9-,11-/m1/s1. The zero-order valence-electron chi connectivity index (χ0n) is 9.39. The van der Waals surface area contributed by atoms with E-state index in [1.54, 1.807) is 0 Å². The number of rotatable bonds is 3. The molecule has 0 heterocycles. The molecule has 2 heteroatoms. The van der Waals surface area contributed by atoms with Crippen molar-refractivity contribution in [3.63, 3.8) is 0 Å². The Hall–Kier alpha value is -0.690. The number of halogens is 1. The summed E-state index contributed by atoms with van der Waals surface area (Å²) in [4.78, 5) is 0. The van der Waals surface area contributed by atoms with Gasteiger partial charge >= 0.3 is 0 Å². The van der Waals surface area contributed by atoms with Crippen LogP contribution in [0, 0.1) is 18.8 Å². The summed E-state index contributed by atoms with van der Waals surface area (Å²) in [6.45, 7) is 5.48. The topological polar surface area (TPSA) is 12.0 Å². The van der Waals surface area contributed by atoms with Crippen LogP contribution in [-0.2, 0) is 0 Å². The maximum atomic E-state index is 6.07. The molecule has 1 nitrogen and oxygen atoms in total. The zero-order valence-corrected chi connectivity index (χ0v) is 10.1. The van der Waals surface area contributed by atoms with Gasteiger partial charge in [-0.05, 0) is 42.9 Å². The van der Waals surface area contributed by atoms with Crippen molar-refractivity contribution in [2.45, 2.75) is 26.7 Å². The zero-order chi connectivity index (χ0) is 10.8. The Morgan fingerprint density at radius 3 is 2.80 bits per heavy atom. The number of hydrogen-bond acceptors (Lipinski definition) is 1. The predicted octanol–water partition coefficient (Wildman–Crippen LogP) is 4.11. The molecular weight excluding hydrogens is 206 g/mol. The number of benzene rings is 1. The van der Waals surface area contributed by atoms with Crippen molar-refractivity contribution in [1.29, 1.82) is 0 Å². The van der Waals surface area contributed by atoms with Crippen LogP contribution in [0.2, 0.25) is 5.02 Å². The normalized spacial score (nSPS) is 24.7. The fourth-order valence-corrected chi connectivity index (χ4v) is 2.25. The Kier molecular flexibility index (Phi) is 3.20. The van der Waals surface area contributed by atoms with Gasteiger partial charge in [-0.15, -0.1) is 0 Å². The fourth-order valence-electron chi connectivity index (χ4n) is 2.08. The highest BCUT2D eigenvalue weighted by Gasteiger charge is 2.26. The molecule has 0 aliphatic heterocycles. The van der Waals surface area contributed by atoms with Gasteiger partial charge in [0, 0.05) is 17.3 Å². The van der Waals surface area contributed by atoms with Crippen LogP contribution < -0.4 is 5.32 Å². The molecule has 1 saturated carbocycles. The number of hydrogen-bond donors (Lipinski definition) is 1. The smallest absolute Gasteiger partial charge is 0.0455 e. The minimum absolute atomic E-state index is 0.849. The largest absolute Gasteiger partial charge is 0.385 e. The highest BCUT2D eigenvalue weighted by molar-refractivity contribution is 6.31. The third-order valence-corrected chi connectivity index (χ3v) is 4.03. The van der Waals surface area contributed by atoms with Crippen LogP contribution in [0.1, 0.15) is 25.3 Å². The van der Waals surface area contributed by atoms with Crippen molar-refractivity contribution in [3.05, 3.63) is 28.8 Å². The second-order valence-electron chi connectivity index (χ2n) is 4.61. The summed E-state index contributed by atoms with van der Waals surface area (Å²) in [6.07, 6.45) is 2.76. The van der Waals surface area contributed by atoms with Gasteiger partial charge in [0.1, 0.15) is 0 Å². The highest BCUT2D eigenvalue weighted by atomic mass is 35.5. The molecular formula is C13H18ClN. The molecule has 15 heavy (non-hydrogen) atoms. The summed E-state index contributed by atoms with van der Waals surface area (Å²) < 4.78 is 0. The first-order valence-corrected chi connectivity index (χ1v) is 6.05. The van der Waals surface area contributed by atoms with E-state index >= 15 is 0 Å². The van der Waals surface area contributed by atoms with Crippen LogP contribution in [0.4, 0.5) is 5.69 Å². The highest BCUT2D eigenvalue weighted by Crippen LogP contribution is 2.34. The van der Waals surface area contributed by atoms with Gasteiger partial charge in [0.25, 0.3) is 0 Å². The molecule has 0 bridgehead atoms. The summed E-state index contributed by atoms with van der Waals surface area (Å²) in [5.41, 5.74) is 2.34. The van der Waals surface area contributed by atoms with Gasteiger partial charge < -0.3 is 5.32 Å². The molecule has 1 fully saturated rings. The molecule has 1 aliphatic rings. The van der Waals surface area contributed by atoms with Crippen molar-refractivity contribution in [3.8, 4) is 0 Å². The Balaban J connectivity index is 1.96. The van der Waals surface area contributed by atoms with E-state index in [2.05, 4.69) is 25.2 Å². The lowest BCUT2D eigenvalue weighted by Crippen LogP contribution is -2.29. The molecule has 1 N–H and O–H groups in total. The van der Waals surface area contributed by atoms with Gasteiger partial charge in [0.05, 0.1) is 0 Å². The van der Waals surface area contributed by atoms with E-state index in [0.717, 1.165) is 29.0 Å². The van der Waals surface area contributed by atoms with E-state index < -0.39 is 0 Å². The van der Waals surface area contributed by atoms with Crippen LogP contribution in [0.25, 0.3) is 0 Å². The lowest BCUT2D eigenvalue weighted by atomic mass is 9.75. The summed E-state index contributed by atoms with van der Waals surface area (Å²) in [5, 5.41) is 4.35. The average Bonchev–Trinajstić information content (AvgIpc) is 2.22. The minimum Gasteiger partial charge on any atom is -0.385 e. The van der Waals surface area contributed by atoms with Gasteiger partial charge in [0.2, 0.25) is 0 Å². The van der Waals surface area contributed by atoms with Crippen molar-refractivity contribution < 1.29 is 0 Å². The van der Waals surface area contributed by atoms with Crippen LogP contribution in [-0.4, -0.2) is 6.54 Å². The third kappa shape index (κ3) is 2.28. The van der Waals surface area contributed by atoms with Crippen molar-refractivity contribution in [2.75, 3.05) is 11.9 Å². The van der Waals surface area contributed by atoms with E-state index in [9.17, 15) is 0 Å². The molecule has 1 aromatic rings. The Labute approximate surface area is 96.8 Å². The van der Waals surface area contributed by atoms with Gasteiger partial charge in [0.15, 0.2) is 0 Å². The Morgan fingerprint density at radius 2 is 2.20 bits per heavy atom. The second-order valence-corrected chi connectivity index (χ2v) is 5.02. The maximum absolute atomic E-state index is 6.07. The summed E-state index contributed by atoms with van der Waals surface area (Å²) in [6, 6.07) is 6.04. The first-order chi connectivity index (χ1) is 7.18. The van der Waals surface area contributed by atoms with Gasteiger partial charge in [-0.3, -0.25) is 0 Å². The average molecular weight is 224 g/mol. The third-order valence-electron chi connectivity index (χ3n) is 3.62. The molecule has 2 atom stereocenters. The molecule has 82 valence electrons. The van der Waals surface area contributed by atoms with Crippen molar-refractivity contribution in [1.82, 2.24) is 0 Å². The minimum atomic E-state index is 0.849. The SMILES string of the molecule is Cc1c(Cl)cccc1NC[C@H]1CC[C@H]1C. The van der Waals surface area contributed by atoms with E-state index in [1.165, 1.54) is 18.5 Å². The predicted molar refractivity (Wildman–Crippen MR) is 66.6 cm³/mol. The lowest BCUT2D eigenvalue weighted by Gasteiger charge is -2.34. The molecule has 0 amide bonds. The van der Waals surface area contributed by atoms with Crippen LogP contribution >= 0.6 is 11.6 Å². The molecule has 1 aromatic carbocycles. The molecule has 0 saturated heterocycles. The Bertz CT molecular complexity index is 348. The van der Waals surface area contributed by atoms with E-state index in [-0.39, 0.29) is 0 Å². The van der Waals surface area contributed by atoms with Crippen LogP contribution in [0.3, 0.4) is 0 Å². The second kappa shape index (κ2) is 4.44. The molecule has 1 aliphatic carbocycles. The molecule has 2 rings (SSSR count). The fraction of sp³-hybridized carbons (Fsp3) is 0.538. The van der Waals surface area contributed by atoms with E-state index in [0.29, 0.717) is 0 Å². The van der Waals surface area contributed by atoms with Gasteiger partial charge in [-0.1, -0.05) is 31.0 Å². The van der Waals surface area contributed by atoms with Crippen molar-refractivity contribution in [2.24, 2.45) is 11.8 Å². The van der Waals surface area contributed by atoms with Crippen molar-refractivity contribution >= 4 is 17.3 Å². The van der Waals surface area contributed by atoms with Gasteiger partial charge in [-0.25, -0.2) is 0 Å². The van der Waals surface area contributed by atoms with Gasteiger partial charge in [-0.2, -0.15) is 0 Å². The molecule has 0 aromatic heterocycles. The first kappa shape index (κ1) is 10.8. The maximum Gasteiger partial charge on any atom is 0.0455 e. The summed E-state index contributed by atoms with van der Waals surface area (Å²) in [5.74, 6) is 1.74. The quantitative estimate of drug-likeness (QED) is 0.814. The molecule has 0 radical (unpaired) electrons. The molecule has 0 unspecified atom stereocenters. The monoisotopic (exact) mass is 223 g/mol. The number of nitrogens with one attached hydrogen (secondary N) is 1.